The van der Waals surface area contributed by atoms with Gasteiger partial charge in [-0.3, -0.25) is 4.79 Å². The summed E-state index contributed by atoms with van der Waals surface area (Å²) < 4.78 is 13.3. The van der Waals surface area contributed by atoms with Crippen LogP contribution in [0.15, 0.2) is 42.5 Å². The molecular formula is C22H26Cl3FN2O. The van der Waals surface area contributed by atoms with Crippen molar-refractivity contribution in [3.8, 4) is 0 Å². The number of hydrogen-bond acceptors (Lipinski definition) is 2. The summed E-state index contributed by atoms with van der Waals surface area (Å²) >= 11 is 12.2. The van der Waals surface area contributed by atoms with E-state index in [2.05, 4.69) is 4.90 Å². The van der Waals surface area contributed by atoms with E-state index >= 15 is 0 Å². The summed E-state index contributed by atoms with van der Waals surface area (Å²) in [5, 5.41) is 0.946. The second-order valence-electron chi connectivity index (χ2n) is 7.17. The Morgan fingerprint density at radius 1 is 1.14 bits per heavy atom. The molecule has 0 unspecified atom stereocenters. The first-order valence-electron chi connectivity index (χ1n) is 9.72. The molecule has 158 valence electrons. The Morgan fingerprint density at radius 3 is 2.48 bits per heavy atom. The highest BCUT2D eigenvalue weighted by molar-refractivity contribution is 6.42. The van der Waals surface area contributed by atoms with E-state index in [-0.39, 0.29) is 30.2 Å². The van der Waals surface area contributed by atoms with Crippen LogP contribution in [0.5, 0.6) is 0 Å². The average Bonchev–Trinajstić information content (AvgIpc) is 2.70. The molecule has 29 heavy (non-hydrogen) atoms. The Labute approximate surface area is 188 Å². The van der Waals surface area contributed by atoms with Crippen LogP contribution in [-0.2, 0) is 11.2 Å². The standard InChI is InChI=1S/C22H25Cl2FN2O.ClH/c1-2-22(28)27(19-6-7-20(23)21(24)15-19)18-9-12-26(13-10-18)11-8-16-4-3-5-17(25)14-16;/h3-7,14-15,18H,2,8-13H2,1H3;1H. The SMILES string of the molecule is CCC(=O)N(c1ccc(Cl)c(Cl)c1)C1CCN(CCc2cccc(F)c2)CC1.Cl. The highest BCUT2D eigenvalue weighted by Crippen LogP contribution is 2.31. The number of amides is 1. The van der Waals surface area contributed by atoms with E-state index in [4.69, 9.17) is 23.2 Å². The molecule has 1 amide bonds. The minimum Gasteiger partial charge on any atom is -0.309 e. The van der Waals surface area contributed by atoms with Gasteiger partial charge in [0.2, 0.25) is 5.91 Å². The number of hydrogen-bond donors (Lipinski definition) is 0. The normalized spacial score (nSPS) is 15.0. The lowest BCUT2D eigenvalue weighted by atomic mass is 10.0. The van der Waals surface area contributed by atoms with Crippen molar-refractivity contribution in [1.29, 1.82) is 0 Å². The van der Waals surface area contributed by atoms with Gasteiger partial charge in [0, 0.05) is 37.8 Å². The van der Waals surface area contributed by atoms with Crippen molar-refractivity contribution in [2.45, 2.75) is 38.6 Å². The van der Waals surface area contributed by atoms with Gasteiger partial charge in [-0.05, 0) is 55.2 Å². The Hall–Kier alpha value is -1.33. The third-order valence-corrected chi connectivity index (χ3v) is 6.02. The topological polar surface area (TPSA) is 23.6 Å². The molecule has 0 bridgehead atoms. The molecule has 1 aliphatic heterocycles. The first-order valence-corrected chi connectivity index (χ1v) is 10.5. The van der Waals surface area contributed by atoms with Crippen molar-refractivity contribution in [2.75, 3.05) is 24.5 Å². The number of likely N-dealkylation sites (tertiary alicyclic amines) is 1. The fraction of sp³-hybridized carbons (Fsp3) is 0.409. The molecule has 1 saturated heterocycles. The van der Waals surface area contributed by atoms with Gasteiger partial charge in [0.1, 0.15) is 5.82 Å². The molecule has 1 aliphatic rings. The summed E-state index contributed by atoms with van der Waals surface area (Å²) in [5.41, 5.74) is 1.82. The lowest BCUT2D eigenvalue weighted by molar-refractivity contribution is -0.119. The monoisotopic (exact) mass is 458 g/mol. The Balaban J connectivity index is 0.00000300. The predicted molar refractivity (Wildman–Crippen MR) is 121 cm³/mol. The van der Waals surface area contributed by atoms with Crippen LogP contribution in [0.1, 0.15) is 31.7 Å². The molecule has 2 aromatic carbocycles. The lowest BCUT2D eigenvalue weighted by Crippen LogP contribution is -2.47. The first-order chi connectivity index (χ1) is 13.5. The number of nitrogens with zero attached hydrogens (tertiary/aromatic N) is 2. The summed E-state index contributed by atoms with van der Waals surface area (Å²) in [4.78, 5) is 16.9. The Kier molecular flexibility index (Phi) is 9.22. The smallest absolute Gasteiger partial charge is 0.226 e. The minimum atomic E-state index is -0.188. The van der Waals surface area contributed by atoms with Crippen LogP contribution in [0.3, 0.4) is 0 Å². The second kappa shape index (κ2) is 11.2. The van der Waals surface area contributed by atoms with Crippen LogP contribution in [0, 0.1) is 5.82 Å². The molecule has 0 radical (unpaired) electrons. The average molecular weight is 460 g/mol. The number of rotatable bonds is 6. The second-order valence-corrected chi connectivity index (χ2v) is 7.98. The van der Waals surface area contributed by atoms with E-state index in [1.54, 1.807) is 24.3 Å². The molecular weight excluding hydrogens is 434 g/mol. The van der Waals surface area contributed by atoms with Crippen molar-refractivity contribution in [3.63, 3.8) is 0 Å². The molecule has 0 spiro atoms. The lowest BCUT2D eigenvalue weighted by Gasteiger charge is -2.38. The molecule has 1 heterocycles. The van der Waals surface area contributed by atoms with Gasteiger partial charge >= 0.3 is 0 Å². The highest BCUT2D eigenvalue weighted by atomic mass is 35.5. The Morgan fingerprint density at radius 2 is 1.86 bits per heavy atom. The van der Waals surface area contributed by atoms with E-state index in [1.165, 1.54) is 6.07 Å². The number of carbonyl (C=O) groups excluding carboxylic acids is 1. The van der Waals surface area contributed by atoms with Gasteiger partial charge < -0.3 is 9.80 Å². The molecule has 0 saturated carbocycles. The Bertz CT molecular complexity index is 825. The summed E-state index contributed by atoms with van der Waals surface area (Å²) in [7, 11) is 0. The summed E-state index contributed by atoms with van der Waals surface area (Å²) in [5.74, 6) is -0.0943. The molecule has 3 rings (SSSR count). The zero-order valence-electron chi connectivity index (χ0n) is 16.4. The third-order valence-electron chi connectivity index (χ3n) is 5.28. The van der Waals surface area contributed by atoms with Crippen LogP contribution >= 0.6 is 35.6 Å². The van der Waals surface area contributed by atoms with Gasteiger partial charge in [0.25, 0.3) is 0 Å². The van der Waals surface area contributed by atoms with Gasteiger partial charge in [0.15, 0.2) is 0 Å². The maximum atomic E-state index is 13.3. The number of carbonyl (C=O) groups is 1. The van der Waals surface area contributed by atoms with Crippen molar-refractivity contribution in [2.24, 2.45) is 0 Å². The molecule has 0 N–H and O–H groups in total. The number of halogens is 4. The van der Waals surface area contributed by atoms with Crippen LogP contribution < -0.4 is 4.90 Å². The third kappa shape index (κ3) is 6.32. The van der Waals surface area contributed by atoms with Gasteiger partial charge in [0.05, 0.1) is 10.0 Å². The predicted octanol–water partition coefficient (Wildman–Crippen LogP) is 6.00. The molecule has 0 aliphatic carbocycles. The van der Waals surface area contributed by atoms with Gasteiger partial charge in [-0.1, -0.05) is 42.3 Å². The van der Waals surface area contributed by atoms with Gasteiger partial charge in [-0.15, -0.1) is 12.4 Å². The van der Waals surface area contributed by atoms with Gasteiger partial charge in [-0.2, -0.15) is 0 Å². The highest BCUT2D eigenvalue weighted by Gasteiger charge is 2.28. The van der Waals surface area contributed by atoms with Crippen molar-refractivity contribution < 1.29 is 9.18 Å². The maximum Gasteiger partial charge on any atom is 0.226 e. The van der Waals surface area contributed by atoms with Crippen LogP contribution in [-0.4, -0.2) is 36.5 Å². The van der Waals surface area contributed by atoms with Crippen molar-refractivity contribution in [1.82, 2.24) is 4.90 Å². The summed E-state index contributed by atoms with van der Waals surface area (Å²) in [6, 6.07) is 12.3. The molecule has 3 nitrogen and oxygen atoms in total. The minimum absolute atomic E-state index is 0. The van der Waals surface area contributed by atoms with E-state index in [0.29, 0.717) is 16.5 Å². The van der Waals surface area contributed by atoms with E-state index in [0.717, 1.165) is 50.1 Å². The maximum absolute atomic E-state index is 13.3. The number of anilines is 1. The first kappa shape index (κ1) is 23.9. The van der Waals surface area contributed by atoms with E-state index in [1.807, 2.05) is 24.0 Å². The van der Waals surface area contributed by atoms with Crippen LogP contribution in [0.25, 0.3) is 0 Å². The number of piperidine rings is 1. The summed E-state index contributed by atoms with van der Waals surface area (Å²) in [6.45, 7) is 4.59. The summed E-state index contributed by atoms with van der Waals surface area (Å²) in [6.07, 6.45) is 3.07. The fourth-order valence-electron chi connectivity index (χ4n) is 3.74. The van der Waals surface area contributed by atoms with E-state index < -0.39 is 0 Å². The zero-order valence-corrected chi connectivity index (χ0v) is 18.7. The molecule has 1 fully saturated rings. The van der Waals surface area contributed by atoms with Crippen molar-refractivity contribution in [3.05, 3.63) is 63.9 Å². The zero-order chi connectivity index (χ0) is 20.1. The van der Waals surface area contributed by atoms with Crippen LogP contribution in [0.2, 0.25) is 10.0 Å². The molecule has 2 aromatic rings. The quantitative estimate of drug-likeness (QED) is 0.528. The largest absolute Gasteiger partial charge is 0.309 e. The molecule has 0 atom stereocenters. The van der Waals surface area contributed by atoms with Gasteiger partial charge in [-0.25, -0.2) is 4.39 Å². The van der Waals surface area contributed by atoms with Crippen molar-refractivity contribution >= 4 is 47.2 Å². The van der Waals surface area contributed by atoms with Crippen LogP contribution in [0.4, 0.5) is 10.1 Å². The number of benzene rings is 2. The molecule has 0 aromatic heterocycles. The molecule has 7 heteroatoms. The van der Waals surface area contributed by atoms with E-state index in [9.17, 15) is 9.18 Å². The fourth-order valence-corrected chi connectivity index (χ4v) is 4.04.